The number of hydrogen-bond donors (Lipinski definition) is 2. The summed E-state index contributed by atoms with van der Waals surface area (Å²) < 4.78 is 45.2. The van der Waals surface area contributed by atoms with E-state index in [4.69, 9.17) is 4.74 Å². The van der Waals surface area contributed by atoms with E-state index in [1.54, 1.807) is 20.8 Å². The molecule has 0 aromatic heterocycles. The molecule has 5 aliphatic rings. The van der Waals surface area contributed by atoms with Crippen LogP contribution < -0.4 is 5.32 Å². The van der Waals surface area contributed by atoms with Crippen molar-refractivity contribution in [3.8, 4) is 0 Å². The standard InChI is InChI=1S/C19H25F3N2O5/c1-16(2,3)29-15(28)24-10-4-9(10)5-11(24)13(25)23-8-17-6-18(7-17,19(20,21)22)12(17)14(26)27/h9-12H,4-8H2,1-3H3,(H,23,25)(H,26,27)/t9-,10-,11+,12+,17?,18?/m1/s1. The van der Waals surface area contributed by atoms with Crippen LogP contribution in [0.25, 0.3) is 0 Å². The number of nitrogens with one attached hydrogen (secondary N) is 1. The summed E-state index contributed by atoms with van der Waals surface area (Å²) in [6, 6.07) is -0.781. The molecule has 1 heterocycles. The number of carbonyl (C=O) groups excluding carboxylic acids is 2. The van der Waals surface area contributed by atoms with Gasteiger partial charge in [-0.2, -0.15) is 13.2 Å². The highest BCUT2D eigenvalue weighted by Gasteiger charge is 2.86. The lowest BCUT2D eigenvalue weighted by Crippen LogP contribution is -2.80. The van der Waals surface area contributed by atoms with Gasteiger partial charge in [-0.3, -0.25) is 14.5 Å². The van der Waals surface area contributed by atoms with Crippen molar-refractivity contribution >= 4 is 18.0 Å². The number of hydrogen-bond acceptors (Lipinski definition) is 4. The SMILES string of the molecule is CC(C)(C)OC(=O)N1[C@@H]2C[C@@H]2C[C@H]1C(=O)NCC12CC(C(F)(F)F)(C1)[C@H]2C(=O)O. The number of alkyl halides is 3. The molecular weight excluding hydrogens is 393 g/mol. The first kappa shape index (κ1) is 20.3. The van der Waals surface area contributed by atoms with Crippen LogP contribution in [0.5, 0.6) is 0 Å². The molecule has 2 bridgehead atoms. The molecule has 2 N–H and O–H groups in total. The number of carbonyl (C=O) groups is 3. The minimum absolute atomic E-state index is 0.0455. The lowest BCUT2D eigenvalue weighted by molar-refractivity contribution is -0.394. The number of piperidine rings is 1. The summed E-state index contributed by atoms with van der Waals surface area (Å²) in [7, 11) is 0. The maximum atomic E-state index is 13.3. The average Bonchev–Trinajstić information content (AvgIpc) is 3.10. The molecule has 4 atom stereocenters. The molecule has 4 aliphatic carbocycles. The van der Waals surface area contributed by atoms with E-state index < -0.39 is 52.5 Å². The van der Waals surface area contributed by atoms with E-state index in [9.17, 15) is 32.7 Å². The maximum Gasteiger partial charge on any atom is 0.411 e. The van der Waals surface area contributed by atoms with Crippen LogP contribution >= 0.6 is 0 Å². The van der Waals surface area contributed by atoms with Gasteiger partial charge < -0.3 is 15.2 Å². The number of carboxylic acids is 1. The summed E-state index contributed by atoms with van der Waals surface area (Å²) in [5.41, 5.74) is -3.94. The van der Waals surface area contributed by atoms with Gasteiger partial charge in [-0.05, 0) is 52.4 Å². The van der Waals surface area contributed by atoms with Gasteiger partial charge in [0.15, 0.2) is 0 Å². The molecule has 162 valence electrons. The fourth-order valence-electron chi connectivity index (χ4n) is 5.67. The van der Waals surface area contributed by atoms with Crippen molar-refractivity contribution in [1.29, 1.82) is 0 Å². The van der Waals surface area contributed by atoms with Crippen molar-refractivity contribution in [1.82, 2.24) is 10.2 Å². The van der Waals surface area contributed by atoms with Crippen molar-refractivity contribution in [2.45, 2.75) is 70.3 Å². The number of carboxylic acid groups (broad SMARTS) is 1. The van der Waals surface area contributed by atoms with Crippen LogP contribution in [0, 0.1) is 22.7 Å². The predicted molar refractivity (Wildman–Crippen MR) is 92.7 cm³/mol. The van der Waals surface area contributed by atoms with Crippen LogP contribution in [0.2, 0.25) is 0 Å². The van der Waals surface area contributed by atoms with E-state index in [1.807, 2.05) is 0 Å². The molecule has 10 heteroatoms. The highest BCUT2D eigenvalue weighted by molar-refractivity contribution is 5.87. The molecule has 1 saturated heterocycles. The van der Waals surface area contributed by atoms with Crippen LogP contribution in [0.3, 0.4) is 0 Å². The topological polar surface area (TPSA) is 95.9 Å². The fourth-order valence-corrected chi connectivity index (χ4v) is 5.67. The third kappa shape index (κ3) is 2.89. The summed E-state index contributed by atoms with van der Waals surface area (Å²) in [5, 5.41) is 11.9. The lowest BCUT2D eigenvalue weighted by atomic mass is 9.28. The molecule has 7 nitrogen and oxygen atoms in total. The molecule has 0 radical (unpaired) electrons. The first-order valence-corrected chi connectivity index (χ1v) is 9.79. The second-order valence-corrected chi connectivity index (χ2v) is 10.1. The van der Waals surface area contributed by atoms with Gasteiger partial charge in [0, 0.05) is 18.0 Å². The van der Waals surface area contributed by atoms with Crippen LogP contribution in [0.4, 0.5) is 18.0 Å². The van der Waals surface area contributed by atoms with Crippen LogP contribution in [0.1, 0.15) is 46.5 Å². The lowest BCUT2D eigenvalue weighted by Gasteiger charge is -2.74. The van der Waals surface area contributed by atoms with E-state index in [0.717, 1.165) is 6.42 Å². The van der Waals surface area contributed by atoms with Crippen molar-refractivity contribution in [3.05, 3.63) is 0 Å². The number of nitrogens with zero attached hydrogens (tertiary/aromatic N) is 1. The summed E-state index contributed by atoms with van der Waals surface area (Å²) in [5.74, 6) is -3.24. The Morgan fingerprint density at radius 3 is 2.31 bits per heavy atom. The quantitative estimate of drug-likeness (QED) is 0.732. The van der Waals surface area contributed by atoms with Crippen LogP contribution in [0.15, 0.2) is 0 Å². The van der Waals surface area contributed by atoms with Crippen molar-refractivity contribution in [2.75, 3.05) is 6.54 Å². The minimum Gasteiger partial charge on any atom is -0.481 e. The molecule has 5 fully saturated rings. The number of halogens is 3. The molecular formula is C19H25F3N2O5. The first-order valence-electron chi connectivity index (χ1n) is 9.79. The Bertz CT molecular complexity index is 769. The molecule has 29 heavy (non-hydrogen) atoms. The highest BCUT2D eigenvalue weighted by atomic mass is 19.4. The van der Waals surface area contributed by atoms with Gasteiger partial charge in [0.1, 0.15) is 11.6 Å². The Labute approximate surface area is 165 Å². The molecule has 2 amide bonds. The Morgan fingerprint density at radius 1 is 1.17 bits per heavy atom. The summed E-state index contributed by atoms with van der Waals surface area (Å²) in [6.07, 6.45) is -4.42. The molecule has 0 unspecified atom stereocenters. The normalized spacial score (nSPS) is 39.7. The van der Waals surface area contributed by atoms with Gasteiger partial charge in [-0.1, -0.05) is 0 Å². The predicted octanol–water partition coefficient (Wildman–Crippen LogP) is 2.54. The van der Waals surface area contributed by atoms with E-state index in [-0.39, 0.29) is 31.3 Å². The van der Waals surface area contributed by atoms with Gasteiger partial charge >= 0.3 is 18.2 Å². The number of aliphatic carboxylic acids is 1. The van der Waals surface area contributed by atoms with Gasteiger partial charge in [-0.15, -0.1) is 0 Å². The number of rotatable bonds is 4. The maximum absolute atomic E-state index is 13.3. The van der Waals surface area contributed by atoms with Crippen LogP contribution in [-0.4, -0.2) is 58.4 Å². The van der Waals surface area contributed by atoms with Crippen molar-refractivity contribution < 1.29 is 37.4 Å². The zero-order chi connectivity index (χ0) is 21.6. The Balaban J connectivity index is 1.39. The van der Waals surface area contributed by atoms with E-state index in [2.05, 4.69) is 5.32 Å². The average molecular weight is 418 g/mol. The zero-order valence-electron chi connectivity index (χ0n) is 16.5. The summed E-state index contributed by atoms with van der Waals surface area (Å²) >= 11 is 0. The Kier molecular flexibility index (Phi) is 4.05. The van der Waals surface area contributed by atoms with E-state index in [0.29, 0.717) is 6.42 Å². The van der Waals surface area contributed by atoms with Gasteiger partial charge in [-0.25, -0.2) is 4.79 Å². The number of amides is 2. The monoisotopic (exact) mass is 418 g/mol. The molecule has 5 rings (SSSR count). The minimum atomic E-state index is -4.57. The molecule has 1 aliphatic heterocycles. The van der Waals surface area contributed by atoms with Crippen LogP contribution in [-0.2, 0) is 14.3 Å². The van der Waals surface area contributed by atoms with Crippen molar-refractivity contribution in [2.24, 2.45) is 22.7 Å². The summed E-state index contributed by atoms with van der Waals surface area (Å²) in [4.78, 5) is 38.1. The van der Waals surface area contributed by atoms with E-state index >= 15 is 0 Å². The van der Waals surface area contributed by atoms with Crippen molar-refractivity contribution in [3.63, 3.8) is 0 Å². The first-order chi connectivity index (χ1) is 13.2. The largest absolute Gasteiger partial charge is 0.481 e. The number of fused-ring (bicyclic) bond motifs is 1. The summed E-state index contributed by atoms with van der Waals surface area (Å²) in [6.45, 7) is 5.05. The van der Waals surface area contributed by atoms with Gasteiger partial charge in [0.05, 0.1) is 11.3 Å². The molecule has 0 aromatic rings. The third-order valence-corrected chi connectivity index (χ3v) is 6.94. The second kappa shape index (κ2) is 5.78. The second-order valence-electron chi connectivity index (χ2n) is 10.1. The third-order valence-electron chi connectivity index (χ3n) is 6.94. The number of likely N-dealkylation sites (tertiary alicyclic amines) is 1. The van der Waals surface area contributed by atoms with Gasteiger partial charge in [0.2, 0.25) is 5.91 Å². The highest BCUT2D eigenvalue weighted by Crippen LogP contribution is 2.81. The molecule has 0 aromatic carbocycles. The zero-order valence-corrected chi connectivity index (χ0v) is 16.5. The molecule has 0 spiro atoms. The smallest absolute Gasteiger partial charge is 0.411 e. The Hall–Kier alpha value is -2.00. The fraction of sp³-hybridized carbons (Fsp3) is 0.842. The number of ether oxygens (including phenoxy) is 1. The van der Waals surface area contributed by atoms with E-state index in [1.165, 1.54) is 4.90 Å². The van der Waals surface area contributed by atoms with Gasteiger partial charge in [0.25, 0.3) is 0 Å². The molecule has 4 saturated carbocycles. The Morgan fingerprint density at radius 2 is 1.79 bits per heavy atom.